The van der Waals surface area contributed by atoms with Crippen LogP contribution in [0.1, 0.15) is 27.0 Å². The maximum Gasteiger partial charge on any atom is 0.337 e. The lowest BCUT2D eigenvalue weighted by Crippen LogP contribution is -2.29. The zero-order valence-electron chi connectivity index (χ0n) is 15.3. The van der Waals surface area contributed by atoms with E-state index < -0.39 is 16.0 Å². The number of rotatable bonds is 7. The third-order valence-electron chi connectivity index (χ3n) is 3.89. The third-order valence-corrected chi connectivity index (χ3v) is 5.50. The van der Waals surface area contributed by atoms with E-state index in [-0.39, 0.29) is 23.6 Å². The molecule has 0 aliphatic carbocycles. The standard InChI is InChI=1S/C19H23NO5S/c1-13-5-6-14(2)17(11-13)25-10-9-20-26(22,23)18-12-16(19(21)24-4)8-7-15(18)3/h5-8,11-12,20H,9-10H2,1-4H3. The molecule has 2 aromatic rings. The Bertz CT molecular complexity index is 906. The van der Waals surface area contributed by atoms with Crippen LogP contribution in [0.3, 0.4) is 0 Å². The zero-order valence-corrected chi connectivity index (χ0v) is 16.1. The Hall–Kier alpha value is -2.38. The fourth-order valence-electron chi connectivity index (χ4n) is 2.41. The van der Waals surface area contributed by atoms with Gasteiger partial charge in [-0.05, 0) is 55.7 Å². The van der Waals surface area contributed by atoms with Gasteiger partial charge in [0.25, 0.3) is 0 Å². The molecule has 0 heterocycles. The van der Waals surface area contributed by atoms with Crippen LogP contribution in [-0.4, -0.2) is 34.6 Å². The number of esters is 1. The van der Waals surface area contributed by atoms with Gasteiger partial charge in [-0.25, -0.2) is 17.9 Å². The maximum atomic E-state index is 12.5. The summed E-state index contributed by atoms with van der Waals surface area (Å²) >= 11 is 0. The fourth-order valence-corrected chi connectivity index (χ4v) is 3.69. The van der Waals surface area contributed by atoms with Crippen LogP contribution < -0.4 is 9.46 Å². The molecule has 0 saturated carbocycles. The Labute approximate surface area is 154 Å². The summed E-state index contributed by atoms with van der Waals surface area (Å²) in [6.07, 6.45) is 0. The third kappa shape index (κ3) is 4.83. The molecule has 0 fully saturated rings. The second-order valence-electron chi connectivity index (χ2n) is 5.99. The quantitative estimate of drug-likeness (QED) is 0.593. The Balaban J connectivity index is 2.05. The number of methoxy groups -OCH3 is 1. The second kappa shape index (κ2) is 8.33. The van der Waals surface area contributed by atoms with Crippen molar-refractivity contribution in [3.8, 4) is 5.75 Å². The molecule has 2 rings (SSSR count). The summed E-state index contributed by atoms with van der Waals surface area (Å²) in [5.74, 6) is 0.146. The van der Waals surface area contributed by atoms with Gasteiger partial charge in [0.2, 0.25) is 10.0 Å². The van der Waals surface area contributed by atoms with E-state index in [0.717, 1.165) is 16.9 Å². The highest BCUT2D eigenvalue weighted by Gasteiger charge is 2.19. The highest BCUT2D eigenvalue weighted by atomic mass is 32.2. The highest BCUT2D eigenvalue weighted by molar-refractivity contribution is 7.89. The van der Waals surface area contributed by atoms with Crippen LogP contribution >= 0.6 is 0 Å². The Morgan fingerprint density at radius 2 is 1.73 bits per heavy atom. The van der Waals surface area contributed by atoms with E-state index >= 15 is 0 Å². The number of aryl methyl sites for hydroxylation is 3. The van der Waals surface area contributed by atoms with E-state index in [2.05, 4.69) is 9.46 Å². The molecule has 0 amide bonds. The Morgan fingerprint density at radius 3 is 2.42 bits per heavy atom. The van der Waals surface area contributed by atoms with Crippen LogP contribution in [0.15, 0.2) is 41.3 Å². The summed E-state index contributed by atoms with van der Waals surface area (Å²) in [6, 6.07) is 10.3. The topological polar surface area (TPSA) is 81.7 Å². The van der Waals surface area contributed by atoms with Gasteiger partial charge in [-0.3, -0.25) is 0 Å². The van der Waals surface area contributed by atoms with Gasteiger partial charge in [0.15, 0.2) is 0 Å². The highest BCUT2D eigenvalue weighted by Crippen LogP contribution is 2.19. The van der Waals surface area contributed by atoms with Gasteiger partial charge in [0, 0.05) is 6.54 Å². The molecule has 0 atom stereocenters. The molecule has 2 aromatic carbocycles. The van der Waals surface area contributed by atoms with Crippen molar-refractivity contribution in [2.75, 3.05) is 20.3 Å². The van der Waals surface area contributed by atoms with Crippen molar-refractivity contribution in [1.82, 2.24) is 4.72 Å². The predicted octanol–water partition coefficient (Wildman–Crippen LogP) is 2.76. The molecular formula is C19H23NO5S. The van der Waals surface area contributed by atoms with Crippen molar-refractivity contribution in [2.45, 2.75) is 25.7 Å². The van der Waals surface area contributed by atoms with Crippen molar-refractivity contribution in [3.63, 3.8) is 0 Å². The van der Waals surface area contributed by atoms with Gasteiger partial charge in [-0.15, -0.1) is 0 Å². The average Bonchev–Trinajstić information content (AvgIpc) is 2.61. The van der Waals surface area contributed by atoms with Gasteiger partial charge in [-0.1, -0.05) is 18.2 Å². The number of carbonyl (C=O) groups excluding carboxylic acids is 1. The molecule has 0 saturated heterocycles. The summed E-state index contributed by atoms with van der Waals surface area (Å²) in [6.45, 7) is 5.87. The molecule has 140 valence electrons. The normalized spacial score (nSPS) is 11.2. The van der Waals surface area contributed by atoms with Gasteiger partial charge >= 0.3 is 5.97 Å². The van der Waals surface area contributed by atoms with E-state index in [1.165, 1.54) is 19.2 Å². The van der Waals surface area contributed by atoms with Gasteiger partial charge in [0.1, 0.15) is 12.4 Å². The number of ether oxygens (including phenoxy) is 2. The molecule has 6 nitrogen and oxygen atoms in total. The van der Waals surface area contributed by atoms with Crippen molar-refractivity contribution in [1.29, 1.82) is 0 Å². The summed E-state index contributed by atoms with van der Waals surface area (Å²) in [5, 5.41) is 0. The van der Waals surface area contributed by atoms with Gasteiger partial charge in [-0.2, -0.15) is 0 Å². The van der Waals surface area contributed by atoms with Crippen molar-refractivity contribution < 1.29 is 22.7 Å². The fraction of sp³-hybridized carbons (Fsp3) is 0.316. The van der Waals surface area contributed by atoms with Crippen molar-refractivity contribution in [2.24, 2.45) is 0 Å². The lowest BCUT2D eigenvalue weighted by Gasteiger charge is -2.12. The first-order chi connectivity index (χ1) is 12.2. The van der Waals surface area contributed by atoms with Crippen LogP contribution in [0.25, 0.3) is 0 Å². The molecular weight excluding hydrogens is 354 g/mol. The van der Waals surface area contributed by atoms with Crippen LogP contribution in [-0.2, 0) is 14.8 Å². The number of carbonyl (C=O) groups is 1. The molecule has 0 bridgehead atoms. The molecule has 0 aliphatic heterocycles. The zero-order chi connectivity index (χ0) is 19.3. The number of hydrogen-bond acceptors (Lipinski definition) is 5. The smallest absolute Gasteiger partial charge is 0.337 e. The molecule has 1 N–H and O–H groups in total. The summed E-state index contributed by atoms with van der Waals surface area (Å²) in [5.41, 5.74) is 2.78. The van der Waals surface area contributed by atoms with E-state index in [0.29, 0.717) is 5.56 Å². The summed E-state index contributed by atoms with van der Waals surface area (Å²) < 4.78 is 37.9. The van der Waals surface area contributed by atoms with E-state index in [4.69, 9.17) is 4.74 Å². The van der Waals surface area contributed by atoms with Crippen molar-refractivity contribution in [3.05, 3.63) is 58.7 Å². The monoisotopic (exact) mass is 377 g/mol. The van der Waals surface area contributed by atoms with Crippen LogP contribution in [0.2, 0.25) is 0 Å². The molecule has 7 heteroatoms. The van der Waals surface area contributed by atoms with E-state index in [1.807, 2.05) is 32.0 Å². The Kier molecular flexibility index (Phi) is 6.39. The Morgan fingerprint density at radius 1 is 1.04 bits per heavy atom. The minimum absolute atomic E-state index is 0.0483. The number of benzene rings is 2. The number of nitrogens with one attached hydrogen (secondary N) is 1. The predicted molar refractivity (Wildman–Crippen MR) is 99.1 cm³/mol. The van der Waals surface area contributed by atoms with Crippen LogP contribution in [0.5, 0.6) is 5.75 Å². The number of sulfonamides is 1. The molecule has 26 heavy (non-hydrogen) atoms. The SMILES string of the molecule is COC(=O)c1ccc(C)c(S(=O)(=O)NCCOc2cc(C)ccc2C)c1. The minimum Gasteiger partial charge on any atom is -0.492 e. The van der Waals surface area contributed by atoms with Crippen LogP contribution in [0.4, 0.5) is 0 Å². The maximum absolute atomic E-state index is 12.5. The van der Waals surface area contributed by atoms with Crippen molar-refractivity contribution >= 4 is 16.0 Å². The summed E-state index contributed by atoms with van der Waals surface area (Å²) in [7, 11) is -2.52. The lowest BCUT2D eigenvalue weighted by molar-refractivity contribution is 0.0600. The first-order valence-corrected chi connectivity index (χ1v) is 9.61. The van der Waals surface area contributed by atoms with Crippen LogP contribution in [0, 0.1) is 20.8 Å². The second-order valence-corrected chi connectivity index (χ2v) is 7.72. The minimum atomic E-state index is -3.77. The first kappa shape index (κ1) is 19.9. The van der Waals surface area contributed by atoms with Gasteiger partial charge in [0.05, 0.1) is 17.6 Å². The number of hydrogen-bond donors (Lipinski definition) is 1. The molecule has 0 aromatic heterocycles. The largest absolute Gasteiger partial charge is 0.492 e. The molecule has 0 spiro atoms. The van der Waals surface area contributed by atoms with Gasteiger partial charge < -0.3 is 9.47 Å². The molecule has 0 radical (unpaired) electrons. The molecule has 0 aliphatic rings. The summed E-state index contributed by atoms with van der Waals surface area (Å²) in [4.78, 5) is 11.7. The molecule has 0 unspecified atom stereocenters. The van der Waals surface area contributed by atoms with E-state index in [9.17, 15) is 13.2 Å². The first-order valence-electron chi connectivity index (χ1n) is 8.13. The lowest BCUT2D eigenvalue weighted by atomic mass is 10.1. The average molecular weight is 377 g/mol. The van der Waals surface area contributed by atoms with E-state index in [1.54, 1.807) is 13.0 Å².